The third kappa shape index (κ3) is 4.70. The summed E-state index contributed by atoms with van der Waals surface area (Å²) in [4.78, 5) is 28.3. The van der Waals surface area contributed by atoms with Crippen molar-refractivity contribution in [2.45, 2.75) is 6.54 Å². The zero-order chi connectivity index (χ0) is 19.9. The summed E-state index contributed by atoms with van der Waals surface area (Å²) >= 11 is 0. The third-order valence-electron chi connectivity index (χ3n) is 3.98. The molecule has 142 valence electrons. The molecule has 0 spiro atoms. The molecule has 0 bridgehead atoms. The number of ether oxygens (including phenoxy) is 1. The summed E-state index contributed by atoms with van der Waals surface area (Å²) in [5, 5.41) is 5.84. The lowest BCUT2D eigenvalue weighted by Crippen LogP contribution is -2.23. The Hall–Kier alpha value is -3.74. The topological polar surface area (TPSA) is 80.3 Å². The first-order valence-electron chi connectivity index (χ1n) is 8.49. The highest BCUT2D eigenvalue weighted by Crippen LogP contribution is 2.21. The predicted octanol–water partition coefficient (Wildman–Crippen LogP) is 3.68. The van der Waals surface area contributed by atoms with Gasteiger partial charge in [0.15, 0.2) is 0 Å². The van der Waals surface area contributed by atoms with Crippen LogP contribution in [0.3, 0.4) is 0 Å². The molecule has 0 aliphatic carbocycles. The molecule has 0 atom stereocenters. The molecule has 6 nitrogen and oxygen atoms in total. The van der Waals surface area contributed by atoms with Crippen molar-refractivity contribution in [3.8, 4) is 0 Å². The molecule has 0 saturated carbocycles. The van der Waals surface area contributed by atoms with Gasteiger partial charge in [0.05, 0.1) is 35.8 Å². The number of hydrogen-bond donors (Lipinski definition) is 2. The van der Waals surface area contributed by atoms with Crippen molar-refractivity contribution in [1.29, 1.82) is 0 Å². The van der Waals surface area contributed by atoms with Crippen LogP contribution in [0.1, 0.15) is 26.3 Å². The van der Waals surface area contributed by atoms with Crippen LogP contribution in [0.5, 0.6) is 0 Å². The average molecular weight is 379 g/mol. The fourth-order valence-electron chi connectivity index (χ4n) is 2.55. The largest absolute Gasteiger partial charge is 0.465 e. The number of halogens is 1. The maximum absolute atomic E-state index is 12.9. The van der Waals surface area contributed by atoms with E-state index >= 15 is 0 Å². The van der Waals surface area contributed by atoms with Crippen LogP contribution in [0, 0.1) is 5.82 Å². The molecule has 0 fully saturated rings. The quantitative estimate of drug-likeness (QED) is 0.639. The summed E-state index contributed by atoms with van der Waals surface area (Å²) in [6, 6.07) is 14.4. The van der Waals surface area contributed by atoms with Crippen molar-refractivity contribution in [3.63, 3.8) is 0 Å². The SMILES string of the molecule is COC(=O)c1ccccc1Nc1cncc(C(=O)NCc2ccc(F)cc2)c1. The normalized spacial score (nSPS) is 10.2. The molecule has 2 N–H and O–H groups in total. The van der Waals surface area contributed by atoms with Gasteiger partial charge < -0.3 is 15.4 Å². The van der Waals surface area contributed by atoms with Crippen molar-refractivity contribution >= 4 is 23.3 Å². The summed E-state index contributed by atoms with van der Waals surface area (Å²) in [6.45, 7) is 0.266. The molecule has 0 unspecified atom stereocenters. The van der Waals surface area contributed by atoms with E-state index in [4.69, 9.17) is 4.74 Å². The van der Waals surface area contributed by atoms with Gasteiger partial charge in [0.1, 0.15) is 5.82 Å². The highest BCUT2D eigenvalue weighted by molar-refractivity contribution is 5.97. The highest BCUT2D eigenvalue weighted by Gasteiger charge is 2.12. The molecule has 3 aromatic rings. The molecule has 0 aliphatic rings. The Kier molecular flexibility index (Phi) is 5.96. The predicted molar refractivity (Wildman–Crippen MR) is 103 cm³/mol. The lowest BCUT2D eigenvalue weighted by atomic mass is 10.1. The minimum absolute atomic E-state index is 0.266. The molecular formula is C21H18FN3O3. The molecule has 0 radical (unpaired) electrons. The molecule has 1 heterocycles. The van der Waals surface area contributed by atoms with Gasteiger partial charge in [-0.2, -0.15) is 0 Å². The monoisotopic (exact) mass is 379 g/mol. The number of nitrogens with one attached hydrogen (secondary N) is 2. The van der Waals surface area contributed by atoms with Gasteiger partial charge in [-0.3, -0.25) is 9.78 Å². The summed E-state index contributed by atoms with van der Waals surface area (Å²) in [5.41, 5.74) is 2.59. The van der Waals surface area contributed by atoms with E-state index in [2.05, 4.69) is 15.6 Å². The smallest absolute Gasteiger partial charge is 0.339 e. The zero-order valence-electron chi connectivity index (χ0n) is 15.1. The Bertz CT molecular complexity index is 990. The number of anilines is 2. The van der Waals surface area contributed by atoms with Gasteiger partial charge in [0, 0.05) is 12.7 Å². The number of nitrogens with zero attached hydrogens (tertiary/aromatic N) is 1. The molecule has 2 aromatic carbocycles. The first kappa shape index (κ1) is 19.0. The van der Waals surface area contributed by atoms with Gasteiger partial charge >= 0.3 is 5.97 Å². The number of aromatic nitrogens is 1. The standard InChI is InChI=1S/C21H18FN3O3/c1-28-21(27)18-4-2-3-5-19(18)25-17-10-15(12-23-13-17)20(26)24-11-14-6-8-16(22)9-7-14/h2-10,12-13,25H,11H2,1H3,(H,24,26). The van der Waals surface area contributed by atoms with Crippen LogP contribution < -0.4 is 10.6 Å². The molecule has 1 aromatic heterocycles. The number of esters is 1. The summed E-state index contributed by atoms with van der Waals surface area (Å²) in [5.74, 6) is -1.11. The van der Waals surface area contributed by atoms with Gasteiger partial charge in [-0.25, -0.2) is 9.18 Å². The third-order valence-corrected chi connectivity index (χ3v) is 3.98. The van der Waals surface area contributed by atoms with Crippen LogP contribution in [-0.4, -0.2) is 24.0 Å². The molecule has 3 rings (SSSR count). The molecular weight excluding hydrogens is 361 g/mol. The number of pyridine rings is 1. The number of carbonyl (C=O) groups is 2. The number of hydrogen-bond acceptors (Lipinski definition) is 5. The molecule has 0 saturated heterocycles. The first-order valence-corrected chi connectivity index (χ1v) is 8.49. The number of rotatable bonds is 6. The van der Waals surface area contributed by atoms with E-state index in [1.807, 2.05) is 0 Å². The Balaban J connectivity index is 1.71. The summed E-state index contributed by atoms with van der Waals surface area (Å²) in [6.07, 6.45) is 2.99. The van der Waals surface area contributed by atoms with Gasteiger partial charge in [0.25, 0.3) is 5.91 Å². The van der Waals surface area contributed by atoms with Crippen molar-refractivity contribution in [3.05, 3.63) is 89.5 Å². The maximum atomic E-state index is 12.9. The number of methoxy groups -OCH3 is 1. The van der Waals surface area contributed by atoms with Gasteiger partial charge in [-0.1, -0.05) is 24.3 Å². The summed E-state index contributed by atoms with van der Waals surface area (Å²) in [7, 11) is 1.31. The Morgan fingerprint density at radius 3 is 2.57 bits per heavy atom. The van der Waals surface area contributed by atoms with Gasteiger partial charge in [-0.15, -0.1) is 0 Å². The molecule has 1 amide bonds. The van der Waals surface area contributed by atoms with Crippen LogP contribution in [0.25, 0.3) is 0 Å². The lowest BCUT2D eigenvalue weighted by molar-refractivity contribution is 0.0601. The Morgan fingerprint density at radius 2 is 1.82 bits per heavy atom. The second-order valence-electron chi connectivity index (χ2n) is 5.93. The second kappa shape index (κ2) is 8.77. The minimum atomic E-state index is -0.468. The van der Waals surface area contributed by atoms with E-state index < -0.39 is 5.97 Å². The Morgan fingerprint density at radius 1 is 1.07 bits per heavy atom. The highest BCUT2D eigenvalue weighted by atomic mass is 19.1. The van der Waals surface area contributed by atoms with Crippen LogP contribution in [-0.2, 0) is 11.3 Å². The van der Waals surface area contributed by atoms with E-state index in [1.54, 1.807) is 48.7 Å². The fourth-order valence-corrected chi connectivity index (χ4v) is 2.55. The first-order chi connectivity index (χ1) is 13.6. The van der Waals surface area contributed by atoms with Gasteiger partial charge in [-0.05, 0) is 35.9 Å². The minimum Gasteiger partial charge on any atom is -0.465 e. The number of carbonyl (C=O) groups excluding carboxylic acids is 2. The van der Waals surface area contributed by atoms with Crippen LogP contribution >= 0.6 is 0 Å². The summed E-state index contributed by atoms with van der Waals surface area (Å²) < 4.78 is 17.7. The lowest BCUT2D eigenvalue weighted by Gasteiger charge is -2.11. The van der Waals surface area contributed by atoms with Crippen LogP contribution in [0.4, 0.5) is 15.8 Å². The van der Waals surface area contributed by atoms with E-state index in [9.17, 15) is 14.0 Å². The van der Waals surface area contributed by atoms with E-state index in [0.29, 0.717) is 22.5 Å². The molecule has 0 aliphatic heterocycles. The van der Waals surface area contributed by atoms with Crippen molar-refractivity contribution in [2.24, 2.45) is 0 Å². The van der Waals surface area contributed by atoms with E-state index in [0.717, 1.165) is 5.56 Å². The Labute approximate surface area is 161 Å². The molecule has 28 heavy (non-hydrogen) atoms. The maximum Gasteiger partial charge on any atom is 0.339 e. The van der Waals surface area contributed by atoms with Crippen molar-refractivity contribution in [2.75, 3.05) is 12.4 Å². The number of benzene rings is 2. The number of para-hydroxylation sites is 1. The average Bonchev–Trinajstić information content (AvgIpc) is 2.73. The van der Waals surface area contributed by atoms with Crippen molar-refractivity contribution < 1.29 is 18.7 Å². The van der Waals surface area contributed by atoms with E-state index in [1.165, 1.54) is 25.4 Å². The fraction of sp³-hybridized carbons (Fsp3) is 0.0952. The van der Waals surface area contributed by atoms with E-state index in [-0.39, 0.29) is 18.3 Å². The van der Waals surface area contributed by atoms with Crippen molar-refractivity contribution in [1.82, 2.24) is 10.3 Å². The second-order valence-corrected chi connectivity index (χ2v) is 5.93. The van der Waals surface area contributed by atoms with Gasteiger partial charge in [0.2, 0.25) is 0 Å². The molecule has 7 heteroatoms. The van der Waals surface area contributed by atoms with Crippen LogP contribution in [0.15, 0.2) is 67.0 Å². The number of amides is 1. The zero-order valence-corrected chi connectivity index (χ0v) is 15.1. The van der Waals surface area contributed by atoms with Crippen LogP contribution in [0.2, 0.25) is 0 Å².